The Hall–Kier alpha value is -4.86. The van der Waals surface area contributed by atoms with E-state index in [0.29, 0.717) is 37.0 Å². The quantitative estimate of drug-likeness (QED) is 0.0621. The highest BCUT2D eigenvalue weighted by Gasteiger charge is 2.24. The second-order valence-corrected chi connectivity index (χ2v) is 19.7. The lowest BCUT2D eigenvalue weighted by Gasteiger charge is -2.21. The predicted molar refractivity (Wildman–Crippen MR) is 196 cm³/mol. The van der Waals surface area contributed by atoms with Gasteiger partial charge in [0.1, 0.15) is 37.3 Å². The average molecular weight is 676 g/mol. The third kappa shape index (κ3) is 9.84. The zero-order valence-electron chi connectivity index (χ0n) is 29.2. The molecule has 0 bridgehead atoms. The van der Waals surface area contributed by atoms with Gasteiger partial charge in [-0.05, 0) is 80.9 Å². The number of hydrogen-bond donors (Lipinski definition) is 0. The molecule has 0 unspecified atom stereocenters. The van der Waals surface area contributed by atoms with Crippen molar-refractivity contribution in [1.29, 1.82) is 0 Å². The van der Waals surface area contributed by atoms with E-state index in [1.807, 2.05) is 116 Å². The highest BCUT2D eigenvalue weighted by Crippen LogP contribution is 2.29. The van der Waals surface area contributed by atoms with Crippen molar-refractivity contribution in [3.05, 3.63) is 115 Å². The van der Waals surface area contributed by atoms with Gasteiger partial charge in [0, 0.05) is 43.8 Å². The second-order valence-electron chi connectivity index (χ2n) is 14.1. The number of carbonyl (C=O) groups excluding carboxylic acids is 2. The second kappa shape index (κ2) is 15.6. The van der Waals surface area contributed by atoms with E-state index in [1.165, 1.54) is 0 Å². The molecule has 3 aromatic carbocycles. The fourth-order valence-electron chi connectivity index (χ4n) is 4.82. The molecule has 0 atom stereocenters. The standard InChI is InChI=1S/C40H45N3O5Si/c1-29(44)40(2,3)27-48-35-18-15-31(16-19-35)36-20-17-34(24-41-36)38-42-37(25-43(38)28-46-21-22-49(4,5)6)32-13-10-14-33(23-32)39(45)47-26-30-11-8-7-9-12-30/h7-20,23-25H,21-22,26-28H2,1-6H3. The number of nitrogens with zero attached hydrogens (tertiary/aromatic N) is 3. The van der Waals surface area contributed by atoms with Gasteiger partial charge in [0.2, 0.25) is 0 Å². The summed E-state index contributed by atoms with van der Waals surface area (Å²) in [5, 5.41) is 0. The number of imidazole rings is 1. The minimum Gasteiger partial charge on any atom is -0.493 e. The highest BCUT2D eigenvalue weighted by molar-refractivity contribution is 6.76. The van der Waals surface area contributed by atoms with Gasteiger partial charge in [-0.2, -0.15) is 0 Å². The van der Waals surface area contributed by atoms with Crippen LogP contribution >= 0.6 is 0 Å². The SMILES string of the molecule is CC(=O)C(C)(C)COc1ccc(-c2ccc(-c3nc(-c4cccc(C(=O)OCc5ccccc5)c4)cn3COCC[Si](C)(C)C)cn2)cc1. The summed E-state index contributed by atoms with van der Waals surface area (Å²) in [5.74, 6) is 1.12. The van der Waals surface area contributed by atoms with Crippen molar-refractivity contribution in [3.8, 4) is 39.7 Å². The maximum Gasteiger partial charge on any atom is 0.338 e. The lowest BCUT2D eigenvalue weighted by Crippen LogP contribution is -2.28. The summed E-state index contributed by atoms with van der Waals surface area (Å²) in [7, 11) is -1.25. The fraction of sp³-hybridized carbons (Fsp3) is 0.300. The van der Waals surface area contributed by atoms with Crippen molar-refractivity contribution in [3.63, 3.8) is 0 Å². The van der Waals surface area contributed by atoms with Gasteiger partial charge in [0.25, 0.3) is 0 Å². The van der Waals surface area contributed by atoms with Crippen molar-refractivity contribution < 1.29 is 23.8 Å². The summed E-state index contributed by atoms with van der Waals surface area (Å²) in [6.07, 6.45) is 3.77. The molecule has 49 heavy (non-hydrogen) atoms. The first-order chi connectivity index (χ1) is 23.4. The zero-order chi connectivity index (χ0) is 35.0. The number of carbonyl (C=O) groups is 2. The van der Waals surface area contributed by atoms with Crippen LogP contribution in [0, 0.1) is 5.41 Å². The molecule has 2 heterocycles. The summed E-state index contributed by atoms with van der Waals surface area (Å²) in [5.41, 5.74) is 4.96. The van der Waals surface area contributed by atoms with Crippen LogP contribution in [-0.2, 0) is 27.6 Å². The van der Waals surface area contributed by atoms with Crippen LogP contribution in [0.25, 0.3) is 33.9 Å². The van der Waals surface area contributed by atoms with E-state index >= 15 is 0 Å². The third-order valence-electron chi connectivity index (χ3n) is 8.33. The Morgan fingerprint density at radius 2 is 1.57 bits per heavy atom. The van der Waals surface area contributed by atoms with E-state index < -0.39 is 13.5 Å². The molecule has 0 aliphatic rings. The Bertz CT molecular complexity index is 1860. The molecule has 5 rings (SSSR count). The molecule has 0 spiro atoms. The smallest absolute Gasteiger partial charge is 0.338 e. The van der Waals surface area contributed by atoms with E-state index in [-0.39, 0.29) is 18.4 Å². The van der Waals surface area contributed by atoms with E-state index in [2.05, 4.69) is 19.6 Å². The molecular weight excluding hydrogens is 631 g/mol. The largest absolute Gasteiger partial charge is 0.493 e. The molecule has 0 N–H and O–H groups in total. The molecule has 0 aliphatic heterocycles. The molecule has 5 aromatic rings. The monoisotopic (exact) mass is 675 g/mol. The van der Waals surface area contributed by atoms with Crippen LogP contribution in [0.3, 0.4) is 0 Å². The molecule has 0 aliphatic carbocycles. The molecule has 254 valence electrons. The van der Waals surface area contributed by atoms with Crippen molar-refractivity contribution in [2.45, 2.75) is 59.8 Å². The van der Waals surface area contributed by atoms with Crippen LogP contribution in [0.4, 0.5) is 0 Å². The number of pyridine rings is 1. The molecule has 0 fully saturated rings. The van der Waals surface area contributed by atoms with Crippen LogP contribution in [0.15, 0.2) is 103 Å². The summed E-state index contributed by atoms with van der Waals surface area (Å²) in [6.45, 7) is 13.9. The van der Waals surface area contributed by atoms with Crippen LogP contribution in [0.2, 0.25) is 25.7 Å². The Labute approximate surface area is 290 Å². The van der Waals surface area contributed by atoms with E-state index in [1.54, 1.807) is 13.0 Å². The Kier molecular flexibility index (Phi) is 11.3. The number of ketones is 1. The normalized spacial score (nSPS) is 11.7. The van der Waals surface area contributed by atoms with Gasteiger partial charge in [-0.15, -0.1) is 0 Å². The average Bonchev–Trinajstić information content (AvgIpc) is 3.53. The van der Waals surface area contributed by atoms with Gasteiger partial charge in [-0.25, -0.2) is 9.78 Å². The lowest BCUT2D eigenvalue weighted by molar-refractivity contribution is -0.126. The van der Waals surface area contributed by atoms with Crippen LogP contribution in [-0.4, -0.2) is 47.6 Å². The minimum absolute atomic E-state index is 0.0899. The van der Waals surface area contributed by atoms with Gasteiger partial charge in [0.15, 0.2) is 0 Å². The van der Waals surface area contributed by atoms with E-state index in [0.717, 1.165) is 39.8 Å². The molecular formula is C40H45N3O5Si. The molecule has 9 heteroatoms. The number of aromatic nitrogens is 3. The number of benzene rings is 3. The zero-order valence-corrected chi connectivity index (χ0v) is 30.2. The minimum atomic E-state index is -1.25. The predicted octanol–water partition coefficient (Wildman–Crippen LogP) is 8.94. The molecule has 0 amide bonds. The highest BCUT2D eigenvalue weighted by atomic mass is 28.3. The summed E-state index contributed by atoms with van der Waals surface area (Å²) < 4.78 is 19.6. The number of hydrogen-bond acceptors (Lipinski definition) is 7. The molecule has 2 aromatic heterocycles. The van der Waals surface area contributed by atoms with E-state index in [9.17, 15) is 9.59 Å². The summed E-state index contributed by atoms with van der Waals surface area (Å²) in [4.78, 5) is 34.5. The maximum atomic E-state index is 12.9. The number of esters is 1. The van der Waals surface area contributed by atoms with Crippen molar-refractivity contribution in [1.82, 2.24) is 14.5 Å². The number of Topliss-reactive ketones (excluding diaryl/α,β-unsaturated/α-hetero) is 1. The van der Waals surface area contributed by atoms with Crippen LogP contribution in [0.5, 0.6) is 5.75 Å². The van der Waals surface area contributed by atoms with Gasteiger partial charge in [0.05, 0.1) is 22.4 Å². The first-order valence-corrected chi connectivity index (χ1v) is 20.3. The Balaban J connectivity index is 1.35. The Morgan fingerprint density at radius 1 is 0.837 bits per heavy atom. The third-order valence-corrected chi connectivity index (χ3v) is 10.0. The van der Waals surface area contributed by atoms with Crippen molar-refractivity contribution in [2.75, 3.05) is 13.2 Å². The van der Waals surface area contributed by atoms with Crippen LogP contribution in [0.1, 0.15) is 36.7 Å². The molecule has 0 saturated heterocycles. The van der Waals surface area contributed by atoms with E-state index in [4.69, 9.17) is 24.2 Å². The number of ether oxygens (including phenoxy) is 3. The van der Waals surface area contributed by atoms with Crippen LogP contribution < -0.4 is 4.74 Å². The molecule has 0 saturated carbocycles. The summed E-state index contributed by atoms with van der Waals surface area (Å²) in [6, 6.07) is 29.7. The lowest BCUT2D eigenvalue weighted by atomic mass is 9.90. The maximum absolute atomic E-state index is 12.9. The summed E-state index contributed by atoms with van der Waals surface area (Å²) >= 11 is 0. The molecule has 8 nitrogen and oxygen atoms in total. The molecule has 0 radical (unpaired) electrons. The van der Waals surface area contributed by atoms with Gasteiger partial charge < -0.3 is 18.8 Å². The van der Waals surface area contributed by atoms with Gasteiger partial charge in [-0.3, -0.25) is 9.78 Å². The first kappa shape index (κ1) is 35.4. The Morgan fingerprint density at radius 3 is 2.24 bits per heavy atom. The topological polar surface area (TPSA) is 92.5 Å². The van der Waals surface area contributed by atoms with Gasteiger partial charge >= 0.3 is 5.97 Å². The van der Waals surface area contributed by atoms with Crippen molar-refractivity contribution in [2.24, 2.45) is 5.41 Å². The van der Waals surface area contributed by atoms with Gasteiger partial charge in [-0.1, -0.05) is 62.1 Å². The van der Waals surface area contributed by atoms with Crippen molar-refractivity contribution >= 4 is 19.8 Å². The fourth-order valence-corrected chi connectivity index (χ4v) is 5.58. The first-order valence-electron chi connectivity index (χ1n) is 16.6. The number of rotatable bonds is 15.